The summed E-state index contributed by atoms with van der Waals surface area (Å²) in [6.45, 7) is 5.66. The summed E-state index contributed by atoms with van der Waals surface area (Å²) in [6.07, 6.45) is 0. The Hall–Kier alpha value is -1.31. The van der Waals surface area contributed by atoms with E-state index in [1.807, 2.05) is 0 Å². The number of nitrogens with zero attached hydrogens (tertiary/aromatic N) is 1. The molecule has 0 amide bonds. The van der Waals surface area contributed by atoms with Gasteiger partial charge in [-0.05, 0) is 30.3 Å². The van der Waals surface area contributed by atoms with Gasteiger partial charge in [0.05, 0.1) is 11.6 Å². The summed E-state index contributed by atoms with van der Waals surface area (Å²) < 4.78 is 10.7. The molecule has 4 heteroatoms. The van der Waals surface area contributed by atoms with E-state index < -0.39 is 8.80 Å². The minimum atomic E-state index is -0.515. The summed E-state index contributed by atoms with van der Waals surface area (Å²) in [5, 5.41) is 8.61. The highest BCUT2D eigenvalue weighted by atomic mass is 28.3. The van der Waals surface area contributed by atoms with Gasteiger partial charge >= 0.3 is 0 Å². The lowest BCUT2D eigenvalue weighted by atomic mass is 10.2. The highest BCUT2D eigenvalue weighted by Crippen LogP contribution is 2.11. The normalized spacial score (nSPS) is 10.1. The van der Waals surface area contributed by atoms with Crippen LogP contribution < -0.4 is 4.74 Å². The molecule has 0 aliphatic rings. The summed E-state index contributed by atoms with van der Waals surface area (Å²) in [4.78, 5) is 0. The summed E-state index contributed by atoms with van der Waals surface area (Å²) in [7, 11) is -0.515. The molecule has 0 unspecified atom stereocenters. The molecule has 0 aromatic heterocycles. The molecule has 0 fully saturated rings. The molecule has 0 aliphatic heterocycles. The molecule has 0 aliphatic carbocycles. The average Bonchev–Trinajstić information content (AvgIpc) is 2.29. The molecule has 1 aromatic rings. The number of benzene rings is 1. The number of ether oxygens (including phenoxy) is 2. The summed E-state index contributed by atoms with van der Waals surface area (Å²) >= 11 is 0. The smallest absolute Gasteiger partial charge is 0.189 e. The zero-order valence-corrected chi connectivity index (χ0v) is 10.9. The first-order valence-electron chi connectivity index (χ1n) is 5.43. The number of hydrogen-bond acceptors (Lipinski definition) is 3. The van der Waals surface area contributed by atoms with Gasteiger partial charge in [0.15, 0.2) is 6.79 Å². The molecule has 0 atom stereocenters. The molecule has 1 aromatic carbocycles. The number of nitriles is 1. The van der Waals surface area contributed by atoms with E-state index in [0.29, 0.717) is 5.56 Å². The van der Waals surface area contributed by atoms with E-state index in [1.165, 1.54) is 6.04 Å². The molecule has 0 bridgehead atoms. The van der Waals surface area contributed by atoms with Crippen LogP contribution in [0.4, 0.5) is 0 Å². The highest BCUT2D eigenvalue weighted by molar-refractivity contribution is 6.55. The minimum absolute atomic E-state index is 0.285. The second kappa shape index (κ2) is 7.04. The molecule has 16 heavy (non-hydrogen) atoms. The Morgan fingerprint density at radius 3 is 2.50 bits per heavy atom. The lowest BCUT2D eigenvalue weighted by Crippen LogP contribution is -2.09. The van der Waals surface area contributed by atoms with E-state index in [9.17, 15) is 0 Å². The third kappa shape index (κ3) is 4.96. The van der Waals surface area contributed by atoms with Gasteiger partial charge in [0.25, 0.3) is 0 Å². The summed E-state index contributed by atoms with van der Waals surface area (Å²) in [5.74, 6) is 0.737. The maximum Gasteiger partial charge on any atom is 0.189 e. The molecule has 1 rings (SSSR count). The van der Waals surface area contributed by atoms with Crippen LogP contribution >= 0.6 is 0 Å². The molecule has 0 saturated heterocycles. The average molecular weight is 235 g/mol. The second-order valence-electron chi connectivity index (χ2n) is 3.99. The Balaban J connectivity index is 2.20. The van der Waals surface area contributed by atoms with E-state index in [0.717, 1.165) is 12.4 Å². The number of rotatable bonds is 6. The van der Waals surface area contributed by atoms with Gasteiger partial charge in [0.2, 0.25) is 0 Å². The maximum atomic E-state index is 8.61. The fourth-order valence-electron chi connectivity index (χ4n) is 1.11. The Bertz CT molecular complexity index is 343. The maximum absolute atomic E-state index is 8.61. The van der Waals surface area contributed by atoms with Crippen LogP contribution in [0, 0.1) is 11.3 Å². The third-order valence-corrected chi connectivity index (χ3v) is 3.52. The van der Waals surface area contributed by atoms with E-state index in [2.05, 4.69) is 19.2 Å². The van der Waals surface area contributed by atoms with Crippen LogP contribution in [0.3, 0.4) is 0 Å². The van der Waals surface area contributed by atoms with Crippen molar-refractivity contribution in [2.45, 2.75) is 19.1 Å². The van der Waals surface area contributed by atoms with Crippen LogP contribution in [0.2, 0.25) is 19.1 Å². The lowest BCUT2D eigenvalue weighted by molar-refractivity contribution is 0.0223. The van der Waals surface area contributed by atoms with E-state index in [4.69, 9.17) is 14.7 Å². The topological polar surface area (TPSA) is 42.2 Å². The standard InChI is InChI=1S/C12H17NO2Si/c1-16(2)8-7-14-10-15-12-5-3-11(9-13)4-6-12/h3-6,16H,7-8,10H2,1-2H3. The zero-order chi connectivity index (χ0) is 11.8. The fraction of sp³-hybridized carbons (Fsp3) is 0.417. The summed E-state index contributed by atoms with van der Waals surface area (Å²) in [6, 6.07) is 10.3. The van der Waals surface area contributed by atoms with Crippen molar-refractivity contribution in [3.63, 3.8) is 0 Å². The predicted molar refractivity (Wildman–Crippen MR) is 66.3 cm³/mol. The van der Waals surface area contributed by atoms with Crippen LogP contribution in [-0.2, 0) is 4.74 Å². The van der Waals surface area contributed by atoms with Gasteiger partial charge in [0.1, 0.15) is 5.75 Å². The summed E-state index contributed by atoms with van der Waals surface area (Å²) in [5.41, 5.74) is 0.638. The predicted octanol–water partition coefficient (Wildman–Crippen LogP) is 2.40. The van der Waals surface area contributed by atoms with Gasteiger partial charge in [-0.1, -0.05) is 13.1 Å². The van der Waals surface area contributed by atoms with Gasteiger partial charge in [-0.2, -0.15) is 5.26 Å². The van der Waals surface area contributed by atoms with Crippen molar-refractivity contribution < 1.29 is 9.47 Å². The zero-order valence-electron chi connectivity index (χ0n) is 9.77. The molecule has 0 spiro atoms. The van der Waals surface area contributed by atoms with Crippen LogP contribution in [0.15, 0.2) is 24.3 Å². The minimum Gasteiger partial charge on any atom is -0.468 e. The van der Waals surface area contributed by atoms with Crippen molar-refractivity contribution in [2.75, 3.05) is 13.4 Å². The molecular weight excluding hydrogens is 218 g/mol. The van der Waals surface area contributed by atoms with Crippen LogP contribution in [0.1, 0.15) is 5.56 Å². The van der Waals surface area contributed by atoms with E-state index in [1.54, 1.807) is 24.3 Å². The Labute approximate surface area is 98.2 Å². The highest BCUT2D eigenvalue weighted by Gasteiger charge is 1.97. The van der Waals surface area contributed by atoms with Crippen LogP contribution in [0.5, 0.6) is 5.75 Å². The molecule has 0 heterocycles. The SMILES string of the molecule is C[SiH](C)CCOCOc1ccc(C#N)cc1. The van der Waals surface area contributed by atoms with E-state index >= 15 is 0 Å². The van der Waals surface area contributed by atoms with Crippen LogP contribution in [-0.4, -0.2) is 22.2 Å². The Morgan fingerprint density at radius 1 is 1.25 bits per heavy atom. The molecular formula is C12H17NO2Si. The Kier molecular flexibility index (Phi) is 5.61. The first-order valence-corrected chi connectivity index (χ1v) is 8.55. The Morgan fingerprint density at radius 2 is 1.94 bits per heavy atom. The second-order valence-corrected chi connectivity index (χ2v) is 7.35. The van der Waals surface area contributed by atoms with Crippen molar-refractivity contribution in [2.24, 2.45) is 0 Å². The molecule has 0 saturated carbocycles. The van der Waals surface area contributed by atoms with Gasteiger partial charge in [-0.15, -0.1) is 0 Å². The van der Waals surface area contributed by atoms with Crippen molar-refractivity contribution in [1.82, 2.24) is 0 Å². The fourth-order valence-corrected chi connectivity index (χ4v) is 1.75. The molecule has 0 N–H and O–H groups in total. The number of hydrogen-bond donors (Lipinski definition) is 0. The first kappa shape index (κ1) is 12.8. The van der Waals surface area contributed by atoms with Gasteiger partial charge in [-0.25, -0.2) is 0 Å². The van der Waals surface area contributed by atoms with Gasteiger partial charge in [0, 0.05) is 15.4 Å². The molecule has 0 radical (unpaired) electrons. The van der Waals surface area contributed by atoms with Crippen molar-refractivity contribution in [1.29, 1.82) is 5.26 Å². The van der Waals surface area contributed by atoms with E-state index in [-0.39, 0.29) is 6.79 Å². The monoisotopic (exact) mass is 235 g/mol. The van der Waals surface area contributed by atoms with Gasteiger partial charge < -0.3 is 9.47 Å². The third-order valence-electron chi connectivity index (χ3n) is 2.13. The largest absolute Gasteiger partial charge is 0.468 e. The van der Waals surface area contributed by atoms with Crippen LogP contribution in [0.25, 0.3) is 0 Å². The van der Waals surface area contributed by atoms with Crippen molar-refractivity contribution in [3.8, 4) is 11.8 Å². The molecule has 3 nitrogen and oxygen atoms in total. The van der Waals surface area contributed by atoms with Crippen molar-refractivity contribution >= 4 is 8.80 Å². The molecule has 86 valence electrons. The van der Waals surface area contributed by atoms with Crippen molar-refractivity contribution in [3.05, 3.63) is 29.8 Å². The van der Waals surface area contributed by atoms with Gasteiger partial charge in [-0.3, -0.25) is 0 Å². The first-order chi connectivity index (χ1) is 7.72. The lowest BCUT2D eigenvalue weighted by Gasteiger charge is -2.07. The quantitative estimate of drug-likeness (QED) is 0.432.